The predicted molar refractivity (Wildman–Crippen MR) is 52.8 cm³/mol. The second-order valence-electron chi connectivity index (χ2n) is 3.98. The molecule has 0 fully saturated rings. The Morgan fingerprint density at radius 3 is 1.82 bits per heavy atom. The number of hydrogen-bond donors (Lipinski definition) is 0. The molecule has 0 saturated carbocycles. The topological polar surface area (TPSA) is 0 Å². The van der Waals surface area contributed by atoms with E-state index in [1.807, 2.05) is 0 Å². The molecule has 0 spiro atoms. The van der Waals surface area contributed by atoms with Crippen molar-refractivity contribution in [3.63, 3.8) is 0 Å². The van der Waals surface area contributed by atoms with E-state index < -0.39 is 0 Å². The average Bonchev–Trinajstić information content (AvgIpc) is 2.01. The highest BCUT2D eigenvalue weighted by Crippen LogP contribution is 2.17. The van der Waals surface area contributed by atoms with E-state index in [2.05, 4.69) is 27.7 Å². The Labute approximate surface area is 72.4 Å². The van der Waals surface area contributed by atoms with E-state index in [9.17, 15) is 0 Å². The summed E-state index contributed by atoms with van der Waals surface area (Å²) in [6.45, 7) is 9.31. The van der Waals surface area contributed by atoms with Gasteiger partial charge in [-0.15, -0.1) is 0 Å². The van der Waals surface area contributed by atoms with E-state index in [4.69, 9.17) is 0 Å². The molecule has 0 rings (SSSR count). The molecule has 68 valence electrons. The highest BCUT2D eigenvalue weighted by molar-refractivity contribution is 4.56. The lowest BCUT2D eigenvalue weighted by Crippen LogP contribution is -1.98. The molecule has 0 aromatic rings. The second-order valence-corrected chi connectivity index (χ2v) is 3.98. The van der Waals surface area contributed by atoms with Crippen LogP contribution in [0.25, 0.3) is 0 Å². The van der Waals surface area contributed by atoms with Gasteiger partial charge in [-0.3, -0.25) is 0 Å². The lowest BCUT2D eigenvalue weighted by atomic mass is 9.94. The standard InChI is InChI=1S/C11H24/c1-5-7-11(4)9-8-10(3)6-2/h10-11H,5-9H2,1-4H3/t10-,11+/m0/s1. The fraction of sp³-hybridized carbons (Fsp3) is 1.00. The summed E-state index contributed by atoms with van der Waals surface area (Å²) in [6.07, 6.45) is 6.97. The van der Waals surface area contributed by atoms with Crippen LogP contribution >= 0.6 is 0 Å². The van der Waals surface area contributed by atoms with E-state index in [-0.39, 0.29) is 0 Å². The van der Waals surface area contributed by atoms with E-state index in [1.54, 1.807) is 0 Å². The third-order valence-corrected chi connectivity index (χ3v) is 2.63. The first-order valence-corrected chi connectivity index (χ1v) is 5.20. The van der Waals surface area contributed by atoms with Gasteiger partial charge < -0.3 is 0 Å². The minimum absolute atomic E-state index is 0.939. The molecule has 0 saturated heterocycles. The fourth-order valence-electron chi connectivity index (χ4n) is 1.41. The van der Waals surface area contributed by atoms with Crippen molar-refractivity contribution in [1.29, 1.82) is 0 Å². The van der Waals surface area contributed by atoms with Crippen LogP contribution in [0.3, 0.4) is 0 Å². The summed E-state index contributed by atoms with van der Waals surface area (Å²) in [7, 11) is 0. The summed E-state index contributed by atoms with van der Waals surface area (Å²) < 4.78 is 0. The Hall–Kier alpha value is 0. The molecule has 11 heavy (non-hydrogen) atoms. The molecule has 2 atom stereocenters. The minimum Gasteiger partial charge on any atom is -0.0654 e. The van der Waals surface area contributed by atoms with Crippen molar-refractivity contribution in [3.05, 3.63) is 0 Å². The van der Waals surface area contributed by atoms with Crippen LogP contribution in [0.1, 0.15) is 59.8 Å². The van der Waals surface area contributed by atoms with Crippen LogP contribution in [0.4, 0.5) is 0 Å². The van der Waals surface area contributed by atoms with Crippen molar-refractivity contribution in [3.8, 4) is 0 Å². The van der Waals surface area contributed by atoms with Crippen molar-refractivity contribution in [2.45, 2.75) is 59.8 Å². The molecule has 0 N–H and O–H groups in total. The molecule has 0 aromatic carbocycles. The summed E-state index contributed by atoms with van der Waals surface area (Å²) >= 11 is 0. The Morgan fingerprint density at radius 1 is 0.818 bits per heavy atom. The van der Waals surface area contributed by atoms with Crippen molar-refractivity contribution >= 4 is 0 Å². The molecule has 0 unspecified atom stereocenters. The van der Waals surface area contributed by atoms with Gasteiger partial charge >= 0.3 is 0 Å². The first kappa shape index (κ1) is 11.0. The Morgan fingerprint density at radius 2 is 1.36 bits per heavy atom. The summed E-state index contributed by atoms with van der Waals surface area (Å²) in [5, 5.41) is 0. The van der Waals surface area contributed by atoms with Gasteiger partial charge in [-0.1, -0.05) is 59.8 Å². The van der Waals surface area contributed by atoms with E-state index >= 15 is 0 Å². The van der Waals surface area contributed by atoms with Gasteiger partial charge in [-0.05, 0) is 11.8 Å². The molecule has 0 aromatic heterocycles. The average molecular weight is 156 g/mol. The second kappa shape index (κ2) is 6.69. The van der Waals surface area contributed by atoms with Gasteiger partial charge in [0.1, 0.15) is 0 Å². The lowest BCUT2D eigenvalue weighted by molar-refractivity contribution is 0.404. The van der Waals surface area contributed by atoms with Gasteiger partial charge in [-0.25, -0.2) is 0 Å². The zero-order chi connectivity index (χ0) is 8.69. The van der Waals surface area contributed by atoms with Crippen LogP contribution in [0.15, 0.2) is 0 Å². The number of hydrogen-bond acceptors (Lipinski definition) is 0. The third kappa shape index (κ3) is 6.40. The largest absolute Gasteiger partial charge is 0.0654 e. The van der Waals surface area contributed by atoms with E-state index in [0.29, 0.717) is 0 Å². The monoisotopic (exact) mass is 156 g/mol. The molecule has 0 heterocycles. The molecule has 0 radical (unpaired) electrons. The number of rotatable bonds is 6. The molecular formula is C11H24. The lowest BCUT2D eigenvalue weighted by Gasteiger charge is -2.12. The summed E-state index contributed by atoms with van der Waals surface area (Å²) in [5.41, 5.74) is 0. The van der Waals surface area contributed by atoms with Crippen LogP contribution in [0.2, 0.25) is 0 Å². The van der Waals surface area contributed by atoms with Crippen LogP contribution in [-0.4, -0.2) is 0 Å². The van der Waals surface area contributed by atoms with E-state index in [0.717, 1.165) is 11.8 Å². The molecule has 0 aliphatic rings. The summed E-state index contributed by atoms with van der Waals surface area (Å²) in [6, 6.07) is 0. The molecule has 0 aliphatic heterocycles. The highest BCUT2D eigenvalue weighted by Gasteiger charge is 2.03. The predicted octanol–water partition coefficient (Wildman–Crippen LogP) is 4.25. The zero-order valence-corrected chi connectivity index (χ0v) is 8.69. The molecule has 0 nitrogen and oxygen atoms in total. The SMILES string of the molecule is CCC[C@@H](C)CC[C@@H](C)CC. The minimum atomic E-state index is 0.939. The maximum absolute atomic E-state index is 2.38. The van der Waals surface area contributed by atoms with Crippen LogP contribution in [0.5, 0.6) is 0 Å². The van der Waals surface area contributed by atoms with Crippen molar-refractivity contribution in [2.75, 3.05) is 0 Å². The van der Waals surface area contributed by atoms with Gasteiger partial charge in [0.2, 0.25) is 0 Å². The maximum Gasteiger partial charge on any atom is -0.0443 e. The Bertz CT molecular complexity index is 76.1. The van der Waals surface area contributed by atoms with Crippen molar-refractivity contribution in [1.82, 2.24) is 0 Å². The van der Waals surface area contributed by atoms with Gasteiger partial charge in [-0.2, -0.15) is 0 Å². The fourth-order valence-corrected chi connectivity index (χ4v) is 1.41. The summed E-state index contributed by atoms with van der Waals surface area (Å²) in [5.74, 6) is 1.89. The van der Waals surface area contributed by atoms with Crippen LogP contribution < -0.4 is 0 Å². The molecule has 0 heteroatoms. The molecule has 0 aliphatic carbocycles. The van der Waals surface area contributed by atoms with Crippen molar-refractivity contribution in [2.24, 2.45) is 11.8 Å². The first-order chi connectivity index (χ1) is 5.20. The van der Waals surface area contributed by atoms with Gasteiger partial charge in [0.05, 0.1) is 0 Å². The van der Waals surface area contributed by atoms with Crippen LogP contribution in [0, 0.1) is 11.8 Å². The molecule has 0 bridgehead atoms. The zero-order valence-electron chi connectivity index (χ0n) is 8.69. The Kier molecular flexibility index (Phi) is 6.69. The van der Waals surface area contributed by atoms with Gasteiger partial charge in [0.25, 0.3) is 0 Å². The molecular weight excluding hydrogens is 132 g/mol. The van der Waals surface area contributed by atoms with Crippen molar-refractivity contribution < 1.29 is 0 Å². The van der Waals surface area contributed by atoms with E-state index in [1.165, 1.54) is 32.1 Å². The van der Waals surface area contributed by atoms with Crippen LogP contribution in [-0.2, 0) is 0 Å². The normalized spacial score (nSPS) is 16.4. The third-order valence-electron chi connectivity index (χ3n) is 2.63. The molecule has 0 amide bonds. The smallest absolute Gasteiger partial charge is 0.0443 e. The van der Waals surface area contributed by atoms with Gasteiger partial charge in [0.15, 0.2) is 0 Å². The van der Waals surface area contributed by atoms with Gasteiger partial charge in [0, 0.05) is 0 Å². The maximum atomic E-state index is 2.38. The highest BCUT2D eigenvalue weighted by atomic mass is 14.1. The first-order valence-electron chi connectivity index (χ1n) is 5.20. The quantitative estimate of drug-likeness (QED) is 0.539. The Balaban J connectivity index is 3.22. The summed E-state index contributed by atoms with van der Waals surface area (Å²) in [4.78, 5) is 0.